The molecule has 0 fully saturated rings. The summed E-state index contributed by atoms with van der Waals surface area (Å²) in [7, 11) is 3.37. The van der Waals surface area contributed by atoms with Gasteiger partial charge >= 0.3 is 6.09 Å². The Morgan fingerprint density at radius 3 is 2.62 bits per heavy atom. The monoisotopic (exact) mass is 364 g/mol. The summed E-state index contributed by atoms with van der Waals surface area (Å²) < 4.78 is 10.5. The second kappa shape index (κ2) is 10.0. The zero-order valence-electron chi connectivity index (χ0n) is 16.7. The van der Waals surface area contributed by atoms with E-state index in [0.29, 0.717) is 25.7 Å². The zero-order valence-corrected chi connectivity index (χ0v) is 16.7. The Morgan fingerprint density at radius 2 is 2.00 bits per heavy atom. The van der Waals surface area contributed by atoms with Gasteiger partial charge in [-0.2, -0.15) is 0 Å². The van der Waals surface area contributed by atoms with Gasteiger partial charge in [-0.3, -0.25) is 4.99 Å². The number of aliphatic imine (C=N–C) groups is 1. The molecule has 1 atom stereocenters. The Balaban J connectivity index is 2.54. The lowest BCUT2D eigenvalue weighted by Gasteiger charge is -2.26. The number of carbonyl (C=O) groups excluding carboxylic acids is 1. The van der Waals surface area contributed by atoms with Gasteiger partial charge in [-0.25, -0.2) is 4.79 Å². The second-order valence-corrected chi connectivity index (χ2v) is 7.41. The molecular formula is C19H32N4O3. The fourth-order valence-electron chi connectivity index (χ4n) is 2.29. The second-order valence-electron chi connectivity index (χ2n) is 7.41. The lowest BCUT2D eigenvalue weighted by molar-refractivity contribution is 0.0279. The first-order valence-corrected chi connectivity index (χ1v) is 8.70. The van der Waals surface area contributed by atoms with Gasteiger partial charge in [-0.15, -0.1) is 0 Å². The summed E-state index contributed by atoms with van der Waals surface area (Å²) in [4.78, 5) is 17.9. The third-order valence-electron chi connectivity index (χ3n) is 3.44. The van der Waals surface area contributed by atoms with Crippen molar-refractivity contribution in [3.63, 3.8) is 0 Å². The third kappa shape index (κ3) is 8.20. The fourth-order valence-corrected chi connectivity index (χ4v) is 2.29. The first kappa shape index (κ1) is 21.8. The Bertz CT molecular complexity index is 611. The van der Waals surface area contributed by atoms with Gasteiger partial charge in [-0.05, 0) is 32.8 Å². The highest BCUT2D eigenvalue weighted by Gasteiger charge is 2.20. The number of para-hydroxylation sites is 1. The Labute approximate surface area is 156 Å². The van der Waals surface area contributed by atoms with Crippen molar-refractivity contribution in [2.75, 3.05) is 32.6 Å². The summed E-state index contributed by atoms with van der Waals surface area (Å²) >= 11 is 0. The average Bonchev–Trinajstić information content (AvgIpc) is 2.53. The van der Waals surface area contributed by atoms with Crippen LogP contribution in [-0.4, -0.2) is 49.8 Å². The highest BCUT2D eigenvalue weighted by molar-refractivity contribution is 5.92. The molecule has 26 heavy (non-hydrogen) atoms. The number of hydrogen-bond donors (Lipinski definition) is 2. The van der Waals surface area contributed by atoms with Crippen molar-refractivity contribution in [1.82, 2.24) is 4.90 Å². The summed E-state index contributed by atoms with van der Waals surface area (Å²) in [5, 5.41) is 3.10. The molecule has 7 nitrogen and oxygen atoms in total. The van der Waals surface area contributed by atoms with Crippen molar-refractivity contribution in [2.24, 2.45) is 16.6 Å². The van der Waals surface area contributed by atoms with Crippen LogP contribution >= 0.6 is 0 Å². The highest BCUT2D eigenvalue weighted by atomic mass is 16.6. The van der Waals surface area contributed by atoms with E-state index in [1.807, 2.05) is 52.0 Å². The number of nitrogens with two attached hydrogens (primary N) is 1. The van der Waals surface area contributed by atoms with E-state index < -0.39 is 5.60 Å². The van der Waals surface area contributed by atoms with Gasteiger partial charge < -0.3 is 25.4 Å². The van der Waals surface area contributed by atoms with Gasteiger partial charge in [0.05, 0.1) is 6.61 Å². The molecular weight excluding hydrogens is 332 g/mol. The minimum atomic E-state index is -0.503. The Hall–Kier alpha value is -2.28. The summed E-state index contributed by atoms with van der Waals surface area (Å²) in [6.45, 7) is 9.08. The quantitative estimate of drug-likeness (QED) is 0.573. The molecule has 0 bridgehead atoms. The van der Waals surface area contributed by atoms with Crippen LogP contribution in [0.3, 0.4) is 0 Å². The van der Waals surface area contributed by atoms with Crippen molar-refractivity contribution >= 4 is 17.7 Å². The van der Waals surface area contributed by atoms with Gasteiger partial charge in [-0.1, -0.05) is 25.1 Å². The maximum absolute atomic E-state index is 12.0. The Kier molecular flexibility index (Phi) is 8.38. The van der Waals surface area contributed by atoms with Crippen LogP contribution in [0.5, 0.6) is 0 Å². The largest absolute Gasteiger partial charge is 0.444 e. The predicted octanol–water partition coefficient (Wildman–Crippen LogP) is 3.06. The number of benzene rings is 1. The molecule has 7 heteroatoms. The number of carbonyl (C=O) groups is 1. The molecule has 1 aromatic carbocycles. The van der Waals surface area contributed by atoms with Crippen LogP contribution < -0.4 is 11.1 Å². The first-order chi connectivity index (χ1) is 12.1. The lowest BCUT2D eigenvalue weighted by Crippen LogP contribution is -2.37. The van der Waals surface area contributed by atoms with Gasteiger partial charge in [0.1, 0.15) is 5.60 Å². The molecule has 0 spiro atoms. The van der Waals surface area contributed by atoms with Crippen LogP contribution in [0, 0.1) is 5.92 Å². The lowest BCUT2D eigenvalue weighted by atomic mass is 10.1. The van der Waals surface area contributed by atoms with E-state index >= 15 is 0 Å². The highest BCUT2D eigenvalue weighted by Crippen LogP contribution is 2.15. The maximum Gasteiger partial charge on any atom is 0.410 e. The van der Waals surface area contributed by atoms with E-state index in [4.69, 9.17) is 15.2 Å². The van der Waals surface area contributed by atoms with E-state index in [1.54, 1.807) is 19.1 Å². The average molecular weight is 364 g/mol. The molecule has 3 N–H and O–H groups in total. The molecule has 1 amide bonds. The van der Waals surface area contributed by atoms with Crippen LogP contribution in [0.25, 0.3) is 0 Å². The number of ether oxygens (including phenoxy) is 2. The number of nitrogens with one attached hydrogen (secondary N) is 1. The molecule has 1 unspecified atom stereocenters. The van der Waals surface area contributed by atoms with Crippen LogP contribution in [0.15, 0.2) is 29.3 Å². The zero-order chi connectivity index (χ0) is 19.7. The van der Waals surface area contributed by atoms with Crippen molar-refractivity contribution in [3.8, 4) is 0 Å². The first-order valence-electron chi connectivity index (χ1n) is 8.70. The smallest absolute Gasteiger partial charge is 0.410 e. The van der Waals surface area contributed by atoms with Crippen LogP contribution in [-0.2, 0) is 16.1 Å². The van der Waals surface area contributed by atoms with E-state index in [2.05, 4.69) is 10.3 Å². The summed E-state index contributed by atoms with van der Waals surface area (Å²) in [6.07, 6.45) is -0.340. The predicted molar refractivity (Wildman–Crippen MR) is 105 cm³/mol. The van der Waals surface area contributed by atoms with Crippen molar-refractivity contribution in [2.45, 2.75) is 39.9 Å². The molecule has 1 aromatic rings. The summed E-state index contributed by atoms with van der Waals surface area (Å²) in [6, 6.07) is 7.77. The number of hydrogen-bond acceptors (Lipinski definition) is 4. The van der Waals surface area contributed by atoms with Gasteiger partial charge in [0, 0.05) is 38.5 Å². The SMILES string of the molecule is COCc1ccccc1NC(N)=NCC(C)CN(C)C(=O)OC(C)(C)C. The fraction of sp³-hybridized carbons (Fsp3) is 0.579. The van der Waals surface area contributed by atoms with Gasteiger partial charge in [0.15, 0.2) is 5.96 Å². The summed E-state index contributed by atoms with van der Waals surface area (Å²) in [5.41, 5.74) is 7.36. The van der Waals surface area contributed by atoms with E-state index in [0.717, 1.165) is 11.3 Å². The Morgan fingerprint density at radius 1 is 1.35 bits per heavy atom. The molecule has 0 aliphatic carbocycles. The number of anilines is 1. The number of rotatable bonds is 7. The van der Waals surface area contributed by atoms with E-state index in [1.165, 1.54) is 0 Å². The van der Waals surface area contributed by atoms with Crippen LogP contribution in [0.4, 0.5) is 10.5 Å². The van der Waals surface area contributed by atoms with Crippen molar-refractivity contribution in [3.05, 3.63) is 29.8 Å². The molecule has 146 valence electrons. The number of methoxy groups -OCH3 is 1. The maximum atomic E-state index is 12.0. The number of amides is 1. The standard InChI is InChI=1S/C19H32N4O3/c1-14(12-23(5)18(24)26-19(2,3)4)11-21-17(20)22-16-10-8-7-9-15(16)13-25-6/h7-10,14H,11-13H2,1-6H3,(H3,20,21,22). The molecule has 0 aliphatic heterocycles. The van der Waals surface area contributed by atoms with E-state index in [9.17, 15) is 4.79 Å². The normalized spacial score (nSPS) is 13.2. The van der Waals surface area contributed by atoms with Gasteiger partial charge in [0.2, 0.25) is 0 Å². The topological polar surface area (TPSA) is 89.2 Å². The van der Waals surface area contributed by atoms with Crippen molar-refractivity contribution in [1.29, 1.82) is 0 Å². The molecule has 0 saturated carbocycles. The summed E-state index contributed by atoms with van der Waals surface area (Å²) in [5.74, 6) is 0.474. The third-order valence-corrected chi connectivity index (χ3v) is 3.44. The molecule has 0 aliphatic rings. The number of guanidine groups is 1. The molecule has 0 saturated heterocycles. The molecule has 0 radical (unpaired) electrons. The number of nitrogens with zero attached hydrogens (tertiary/aromatic N) is 2. The minimum absolute atomic E-state index is 0.141. The van der Waals surface area contributed by atoms with E-state index in [-0.39, 0.29) is 12.0 Å². The molecule has 0 heterocycles. The van der Waals surface area contributed by atoms with Crippen molar-refractivity contribution < 1.29 is 14.3 Å². The molecule has 0 aromatic heterocycles. The molecule has 1 rings (SSSR count). The minimum Gasteiger partial charge on any atom is -0.444 e. The van der Waals surface area contributed by atoms with Gasteiger partial charge in [0.25, 0.3) is 0 Å². The van der Waals surface area contributed by atoms with Crippen LogP contribution in [0.1, 0.15) is 33.3 Å². The van der Waals surface area contributed by atoms with Crippen LogP contribution in [0.2, 0.25) is 0 Å².